The van der Waals surface area contributed by atoms with E-state index in [1.807, 2.05) is 0 Å². The number of rotatable bonds is 4. The zero-order valence-corrected chi connectivity index (χ0v) is 9.92. The van der Waals surface area contributed by atoms with Gasteiger partial charge in [0.2, 0.25) is 0 Å². The number of ether oxygens (including phenoxy) is 1. The number of carbonyl (C=O) groups is 1. The fourth-order valence-corrected chi connectivity index (χ4v) is 1.51. The third-order valence-corrected chi connectivity index (χ3v) is 2.38. The van der Waals surface area contributed by atoms with E-state index < -0.39 is 23.7 Å². The molecule has 1 unspecified atom stereocenters. The van der Waals surface area contributed by atoms with Crippen LogP contribution in [0.1, 0.15) is 13.3 Å². The lowest BCUT2D eigenvalue weighted by atomic mass is 10.2. The number of hydrogen-bond acceptors (Lipinski definition) is 2. The van der Waals surface area contributed by atoms with E-state index in [1.165, 1.54) is 6.92 Å². The summed E-state index contributed by atoms with van der Waals surface area (Å²) < 4.78 is 31.0. The number of benzene rings is 1. The van der Waals surface area contributed by atoms with E-state index in [1.54, 1.807) is 0 Å². The molecule has 0 aliphatic carbocycles. The summed E-state index contributed by atoms with van der Waals surface area (Å²) in [6.45, 7) is 1.53. The molecule has 0 heterocycles. The van der Waals surface area contributed by atoms with Gasteiger partial charge in [-0.2, -0.15) is 0 Å². The third kappa shape index (κ3) is 3.44. The molecule has 0 saturated carbocycles. The Balaban J connectivity index is 2.81. The van der Waals surface area contributed by atoms with Gasteiger partial charge in [0.1, 0.15) is 11.9 Å². The lowest BCUT2D eigenvalue weighted by Crippen LogP contribution is -2.17. The second-order valence-corrected chi connectivity index (χ2v) is 4.08. The van der Waals surface area contributed by atoms with Crippen LogP contribution in [0.5, 0.6) is 5.75 Å². The summed E-state index contributed by atoms with van der Waals surface area (Å²) in [6, 6.07) is 1.80. The first-order valence-corrected chi connectivity index (χ1v) is 5.22. The first-order valence-electron chi connectivity index (χ1n) is 4.43. The van der Waals surface area contributed by atoms with Crippen LogP contribution in [0.2, 0.25) is 0 Å². The van der Waals surface area contributed by atoms with Crippen LogP contribution in [0.25, 0.3) is 0 Å². The molecule has 0 saturated heterocycles. The van der Waals surface area contributed by atoms with Crippen molar-refractivity contribution in [1.82, 2.24) is 0 Å². The highest BCUT2D eigenvalue weighted by atomic mass is 79.9. The molecule has 0 aliphatic rings. The van der Waals surface area contributed by atoms with Crippen LogP contribution in [0.3, 0.4) is 0 Å². The molecule has 1 N–H and O–H groups in total. The Bertz CT molecular complexity index is 409. The average molecular weight is 295 g/mol. The molecule has 0 amide bonds. The Hall–Kier alpha value is -1.17. The van der Waals surface area contributed by atoms with Gasteiger partial charge in [-0.1, -0.05) is 0 Å². The van der Waals surface area contributed by atoms with E-state index in [2.05, 4.69) is 15.9 Å². The van der Waals surface area contributed by atoms with Gasteiger partial charge in [0.25, 0.3) is 0 Å². The SMILES string of the molecule is CC(CC(=O)O)Oc1cc(F)c(F)cc1Br. The van der Waals surface area contributed by atoms with Crippen LogP contribution in [0, 0.1) is 11.6 Å². The highest BCUT2D eigenvalue weighted by Gasteiger charge is 2.14. The highest BCUT2D eigenvalue weighted by Crippen LogP contribution is 2.28. The monoisotopic (exact) mass is 294 g/mol. The molecule has 16 heavy (non-hydrogen) atoms. The van der Waals surface area contributed by atoms with Crippen molar-refractivity contribution in [2.45, 2.75) is 19.4 Å². The lowest BCUT2D eigenvalue weighted by Gasteiger charge is -2.14. The van der Waals surface area contributed by atoms with E-state index in [-0.39, 0.29) is 16.6 Å². The van der Waals surface area contributed by atoms with Crippen molar-refractivity contribution < 1.29 is 23.4 Å². The molecule has 0 aromatic heterocycles. The molecule has 1 aromatic rings. The molecule has 1 rings (SSSR count). The third-order valence-electron chi connectivity index (χ3n) is 1.77. The maximum Gasteiger partial charge on any atom is 0.307 e. The Morgan fingerprint density at radius 1 is 1.50 bits per heavy atom. The Labute approximate surface area is 99.2 Å². The number of hydrogen-bond donors (Lipinski definition) is 1. The summed E-state index contributed by atoms with van der Waals surface area (Å²) in [5.41, 5.74) is 0. The van der Waals surface area contributed by atoms with Gasteiger partial charge in [0, 0.05) is 6.07 Å². The predicted molar refractivity (Wildman–Crippen MR) is 56.4 cm³/mol. The summed E-state index contributed by atoms with van der Waals surface area (Å²) in [5, 5.41) is 8.50. The number of carboxylic acid groups (broad SMARTS) is 1. The summed E-state index contributed by atoms with van der Waals surface area (Å²) in [4.78, 5) is 10.4. The molecular weight excluding hydrogens is 286 g/mol. The second kappa shape index (κ2) is 5.25. The number of halogens is 3. The molecule has 1 atom stereocenters. The molecular formula is C10H9BrF2O3. The van der Waals surface area contributed by atoms with E-state index in [9.17, 15) is 13.6 Å². The molecule has 6 heteroatoms. The van der Waals surface area contributed by atoms with Crippen LogP contribution >= 0.6 is 15.9 Å². The van der Waals surface area contributed by atoms with Crippen molar-refractivity contribution in [3.8, 4) is 5.75 Å². The predicted octanol–water partition coefficient (Wildman–Crippen LogP) is 2.97. The Morgan fingerprint density at radius 2 is 2.06 bits per heavy atom. The molecule has 0 spiro atoms. The summed E-state index contributed by atoms with van der Waals surface area (Å²) in [6.07, 6.45) is -0.843. The van der Waals surface area contributed by atoms with Crippen LogP contribution < -0.4 is 4.74 Å². The van der Waals surface area contributed by atoms with Crippen molar-refractivity contribution in [2.75, 3.05) is 0 Å². The van der Waals surface area contributed by atoms with Crippen LogP contribution in [0.4, 0.5) is 8.78 Å². The minimum absolute atomic E-state index is 0.0765. The van der Waals surface area contributed by atoms with Gasteiger partial charge in [-0.25, -0.2) is 8.78 Å². The van der Waals surface area contributed by atoms with Crippen molar-refractivity contribution in [3.05, 3.63) is 28.2 Å². The summed E-state index contributed by atoms with van der Waals surface area (Å²) in [7, 11) is 0. The first-order chi connectivity index (χ1) is 7.40. The minimum atomic E-state index is -1.04. The van der Waals surface area contributed by atoms with Crippen LogP contribution in [0.15, 0.2) is 16.6 Å². The van der Waals surface area contributed by atoms with Gasteiger partial charge in [-0.15, -0.1) is 0 Å². The van der Waals surface area contributed by atoms with Gasteiger partial charge < -0.3 is 9.84 Å². The van der Waals surface area contributed by atoms with E-state index in [0.717, 1.165) is 12.1 Å². The zero-order chi connectivity index (χ0) is 12.3. The fraction of sp³-hybridized carbons (Fsp3) is 0.300. The highest BCUT2D eigenvalue weighted by molar-refractivity contribution is 9.10. The molecule has 1 aromatic carbocycles. The van der Waals surface area contributed by atoms with Gasteiger partial charge in [-0.3, -0.25) is 4.79 Å². The average Bonchev–Trinajstić information content (AvgIpc) is 2.12. The molecule has 88 valence electrons. The van der Waals surface area contributed by atoms with Crippen molar-refractivity contribution >= 4 is 21.9 Å². The van der Waals surface area contributed by atoms with Crippen molar-refractivity contribution in [3.63, 3.8) is 0 Å². The number of aliphatic carboxylic acids is 1. The van der Waals surface area contributed by atoms with E-state index in [0.29, 0.717) is 0 Å². The first kappa shape index (κ1) is 12.9. The molecule has 0 bridgehead atoms. The standard InChI is InChI=1S/C10H9BrF2O3/c1-5(2-10(14)15)16-9-4-8(13)7(12)3-6(9)11/h3-5H,2H2,1H3,(H,14,15). The maximum atomic E-state index is 12.9. The van der Waals surface area contributed by atoms with Gasteiger partial charge >= 0.3 is 5.97 Å². The molecule has 0 radical (unpaired) electrons. The quantitative estimate of drug-likeness (QED) is 0.869. The lowest BCUT2D eigenvalue weighted by molar-refractivity contribution is -0.138. The minimum Gasteiger partial charge on any atom is -0.489 e. The van der Waals surface area contributed by atoms with E-state index >= 15 is 0 Å². The van der Waals surface area contributed by atoms with Gasteiger partial charge in [0.05, 0.1) is 10.9 Å². The zero-order valence-electron chi connectivity index (χ0n) is 8.34. The molecule has 0 aliphatic heterocycles. The Morgan fingerprint density at radius 3 is 2.62 bits per heavy atom. The largest absolute Gasteiger partial charge is 0.489 e. The maximum absolute atomic E-state index is 12.9. The smallest absolute Gasteiger partial charge is 0.307 e. The molecule has 3 nitrogen and oxygen atoms in total. The van der Waals surface area contributed by atoms with Crippen LogP contribution in [-0.4, -0.2) is 17.2 Å². The second-order valence-electron chi connectivity index (χ2n) is 3.22. The van der Waals surface area contributed by atoms with E-state index in [4.69, 9.17) is 9.84 Å². The van der Waals surface area contributed by atoms with Gasteiger partial charge in [0.15, 0.2) is 11.6 Å². The number of carboxylic acids is 1. The van der Waals surface area contributed by atoms with Crippen molar-refractivity contribution in [2.24, 2.45) is 0 Å². The Kier molecular flexibility index (Phi) is 4.23. The summed E-state index contributed by atoms with van der Waals surface area (Å²) >= 11 is 3.00. The normalized spacial score (nSPS) is 12.2. The summed E-state index contributed by atoms with van der Waals surface area (Å²) in [5.74, 6) is -2.98. The fourth-order valence-electron chi connectivity index (χ4n) is 1.10. The topological polar surface area (TPSA) is 46.5 Å². The van der Waals surface area contributed by atoms with Crippen LogP contribution in [-0.2, 0) is 4.79 Å². The molecule has 0 fully saturated rings. The van der Waals surface area contributed by atoms with Gasteiger partial charge in [-0.05, 0) is 28.9 Å². The van der Waals surface area contributed by atoms with Crippen molar-refractivity contribution in [1.29, 1.82) is 0 Å².